The normalized spacial score (nSPS) is 10.7. The van der Waals surface area contributed by atoms with Crippen LogP contribution in [-0.2, 0) is 6.54 Å². The minimum Gasteiger partial charge on any atom is -0.336 e. The van der Waals surface area contributed by atoms with Gasteiger partial charge in [0.25, 0.3) is 5.91 Å². The predicted molar refractivity (Wildman–Crippen MR) is 90.7 cm³/mol. The number of rotatable bonds is 4. The Labute approximate surface area is 148 Å². The number of carbonyl (C=O) groups excluding carboxylic acids is 1. The molecular formula is C18H14ClF2N3O. The van der Waals surface area contributed by atoms with Gasteiger partial charge < -0.3 is 4.90 Å². The Morgan fingerprint density at radius 3 is 2.60 bits per heavy atom. The van der Waals surface area contributed by atoms with Gasteiger partial charge in [0.05, 0.1) is 19.1 Å². The van der Waals surface area contributed by atoms with Gasteiger partial charge in [0.2, 0.25) is 0 Å². The summed E-state index contributed by atoms with van der Waals surface area (Å²) in [5.74, 6) is -1.21. The van der Waals surface area contributed by atoms with Gasteiger partial charge in [-0.3, -0.25) is 9.36 Å². The summed E-state index contributed by atoms with van der Waals surface area (Å²) in [6.45, 7) is 0.0128. The molecule has 0 aliphatic heterocycles. The van der Waals surface area contributed by atoms with Crippen molar-refractivity contribution >= 4 is 17.5 Å². The average molecular weight is 362 g/mol. The molecule has 0 aliphatic rings. The molecule has 0 N–H and O–H groups in total. The topological polar surface area (TPSA) is 38.1 Å². The quantitative estimate of drug-likeness (QED) is 0.702. The van der Waals surface area contributed by atoms with E-state index in [4.69, 9.17) is 11.6 Å². The van der Waals surface area contributed by atoms with Crippen molar-refractivity contribution in [2.75, 3.05) is 7.05 Å². The third-order valence-corrected chi connectivity index (χ3v) is 4.12. The fourth-order valence-corrected chi connectivity index (χ4v) is 2.67. The smallest absolute Gasteiger partial charge is 0.272 e. The highest BCUT2D eigenvalue weighted by molar-refractivity contribution is 6.31. The highest BCUT2D eigenvalue weighted by atomic mass is 35.5. The summed E-state index contributed by atoms with van der Waals surface area (Å²) >= 11 is 6.01. The Balaban J connectivity index is 1.86. The van der Waals surface area contributed by atoms with Crippen molar-refractivity contribution in [2.45, 2.75) is 6.54 Å². The maximum absolute atomic E-state index is 13.9. The summed E-state index contributed by atoms with van der Waals surface area (Å²) in [5, 5.41) is 0.256. The molecule has 3 rings (SSSR count). The molecule has 7 heteroatoms. The van der Waals surface area contributed by atoms with Gasteiger partial charge in [-0.25, -0.2) is 13.8 Å². The highest BCUT2D eigenvalue weighted by Gasteiger charge is 2.19. The molecular weight excluding hydrogens is 348 g/mol. The Bertz CT molecular complexity index is 889. The number of aromatic nitrogens is 2. The Kier molecular flexibility index (Phi) is 4.81. The van der Waals surface area contributed by atoms with Crippen LogP contribution in [-0.4, -0.2) is 27.4 Å². The van der Waals surface area contributed by atoms with Gasteiger partial charge >= 0.3 is 0 Å². The lowest BCUT2D eigenvalue weighted by Crippen LogP contribution is -2.28. The molecule has 128 valence electrons. The molecule has 0 bridgehead atoms. The van der Waals surface area contributed by atoms with E-state index in [1.165, 1.54) is 41.7 Å². The molecule has 0 saturated carbocycles. The van der Waals surface area contributed by atoms with E-state index >= 15 is 0 Å². The van der Waals surface area contributed by atoms with E-state index < -0.39 is 5.82 Å². The lowest BCUT2D eigenvalue weighted by molar-refractivity contribution is 0.0776. The molecule has 2 aromatic carbocycles. The van der Waals surface area contributed by atoms with Gasteiger partial charge in [-0.1, -0.05) is 17.7 Å². The van der Waals surface area contributed by atoms with Gasteiger partial charge in [0, 0.05) is 23.3 Å². The SMILES string of the molecule is CN(Cc1c(F)cccc1Cl)C(=O)c1cncn1-c1ccc(F)cc1. The van der Waals surface area contributed by atoms with Crippen LogP contribution in [0.25, 0.3) is 5.69 Å². The van der Waals surface area contributed by atoms with Crippen LogP contribution in [0.2, 0.25) is 5.02 Å². The maximum Gasteiger partial charge on any atom is 0.272 e. The minimum absolute atomic E-state index is 0.0128. The Morgan fingerprint density at radius 1 is 1.20 bits per heavy atom. The molecule has 1 amide bonds. The van der Waals surface area contributed by atoms with Crippen molar-refractivity contribution in [3.05, 3.63) is 82.9 Å². The number of amides is 1. The summed E-state index contributed by atoms with van der Waals surface area (Å²) in [6, 6.07) is 10.1. The second-order valence-electron chi connectivity index (χ2n) is 5.49. The first-order valence-corrected chi connectivity index (χ1v) is 7.82. The zero-order chi connectivity index (χ0) is 18.0. The van der Waals surface area contributed by atoms with Gasteiger partial charge in [0.1, 0.15) is 17.3 Å². The summed E-state index contributed by atoms with van der Waals surface area (Å²) in [5.41, 5.74) is 1.12. The van der Waals surface area contributed by atoms with Gasteiger partial charge in [0.15, 0.2) is 0 Å². The fraction of sp³-hybridized carbons (Fsp3) is 0.111. The number of hydrogen-bond donors (Lipinski definition) is 0. The monoisotopic (exact) mass is 361 g/mol. The summed E-state index contributed by atoms with van der Waals surface area (Å²) in [6.07, 6.45) is 2.87. The third-order valence-electron chi connectivity index (χ3n) is 3.77. The summed E-state index contributed by atoms with van der Waals surface area (Å²) in [7, 11) is 1.55. The van der Waals surface area contributed by atoms with Crippen LogP contribution in [0, 0.1) is 11.6 Å². The first-order chi connectivity index (χ1) is 12.0. The van der Waals surface area contributed by atoms with Crippen molar-refractivity contribution < 1.29 is 13.6 Å². The lowest BCUT2D eigenvalue weighted by Gasteiger charge is -2.19. The maximum atomic E-state index is 13.9. The Morgan fingerprint density at radius 2 is 1.92 bits per heavy atom. The van der Waals surface area contributed by atoms with E-state index in [0.29, 0.717) is 5.69 Å². The molecule has 0 spiro atoms. The number of halogens is 3. The molecule has 1 aromatic heterocycles. The van der Waals surface area contributed by atoms with Crippen LogP contribution in [0.1, 0.15) is 16.1 Å². The molecule has 0 atom stereocenters. The second-order valence-corrected chi connectivity index (χ2v) is 5.89. The summed E-state index contributed by atoms with van der Waals surface area (Å²) in [4.78, 5) is 18.1. The number of imidazole rings is 1. The standard InChI is InChI=1S/C18H14ClF2N3O/c1-23(10-14-15(19)3-2-4-16(14)21)18(25)17-9-22-11-24(17)13-7-5-12(20)6-8-13/h2-9,11H,10H2,1H3. The van der Waals surface area contributed by atoms with Gasteiger partial charge in [-0.05, 0) is 36.4 Å². The Hall–Kier alpha value is -2.73. The molecule has 25 heavy (non-hydrogen) atoms. The van der Waals surface area contributed by atoms with Crippen LogP contribution >= 0.6 is 11.6 Å². The van der Waals surface area contributed by atoms with Crippen molar-refractivity contribution in [1.29, 1.82) is 0 Å². The van der Waals surface area contributed by atoms with E-state index in [0.717, 1.165) is 0 Å². The third kappa shape index (κ3) is 3.53. The van der Waals surface area contributed by atoms with E-state index in [1.54, 1.807) is 29.8 Å². The highest BCUT2D eigenvalue weighted by Crippen LogP contribution is 2.21. The van der Waals surface area contributed by atoms with E-state index in [1.807, 2.05) is 0 Å². The minimum atomic E-state index is -0.473. The van der Waals surface area contributed by atoms with Crippen molar-refractivity contribution in [3.8, 4) is 5.69 Å². The molecule has 1 heterocycles. The van der Waals surface area contributed by atoms with E-state index in [9.17, 15) is 13.6 Å². The molecule has 0 aliphatic carbocycles. The van der Waals surface area contributed by atoms with Crippen LogP contribution in [0.15, 0.2) is 55.0 Å². The number of benzene rings is 2. The second kappa shape index (κ2) is 7.03. The lowest BCUT2D eigenvalue weighted by atomic mass is 10.2. The van der Waals surface area contributed by atoms with Crippen molar-refractivity contribution in [1.82, 2.24) is 14.5 Å². The van der Waals surface area contributed by atoms with Crippen LogP contribution < -0.4 is 0 Å². The molecule has 4 nitrogen and oxygen atoms in total. The zero-order valence-electron chi connectivity index (χ0n) is 13.3. The first kappa shape index (κ1) is 17.1. The van der Waals surface area contributed by atoms with Crippen molar-refractivity contribution in [3.63, 3.8) is 0 Å². The average Bonchev–Trinajstić information content (AvgIpc) is 3.07. The van der Waals surface area contributed by atoms with Crippen LogP contribution in [0.3, 0.4) is 0 Å². The number of carbonyl (C=O) groups is 1. The van der Waals surface area contributed by atoms with Crippen molar-refractivity contribution in [2.24, 2.45) is 0 Å². The molecule has 0 fully saturated rings. The van der Waals surface area contributed by atoms with Crippen LogP contribution in [0.4, 0.5) is 8.78 Å². The fourth-order valence-electron chi connectivity index (χ4n) is 2.45. The predicted octanol–water partition coefficient (Wildman–Crippen LogP) is 4.08. The zero-order valence-corrected chi connectivity index (χ0v) is 14.0. The van der Waals surface area contributed by atoms with E-state index in [-0.39, 0.29) is 34.5 Å². The van der Waals surface area contributed by atoms with Gasteiger partial charge in [-0.15, -0.1) is 0 Å². The van der Waals surface area contributed by atoms with E-state index in [2.05, 4.69) is 4.98 Å². The largest absolute Gasteiger partial charge is 0.336 e. The molecule has 3 aromatic rings. The molecule has 0 unspecified atom stereocenters. The number of hydrogen-bond acceptors (Lipinski definition) is 2. The first-order valence-electron chi connectivity index (χ1n) is 7.44. The summed E-state index contributed by atoms with van der Waals surface area (Å²) < 4.78 is 28.6. The van der Waals surface area contributed by atoms with Crippen LogP contribution in [0.5, 0.6) is 0 Å². The van der Waals surface area contributed by atoms with Gasteiger partial charge in [-0.2, -0.15) is 0 Å². The molecule has 0 saturated heterocycles. The number of nitrogens with zero attached hydrogens (tertiary/aromatic N) is 3. The molecule has 0 radical (unpaired) electrons.